The smallest absolute Gasteiger partial charge is 0.208 e. The Kier molecular flexibility index (Phi) is 4.22. The fourth-order valence-electron chi connectivity index (χ4n) is 2.17. The normalized spacial score (nSPS) is 29.9. The molecule has 5 heteroatoms. The summed E-state index contributed by atoms with van der Waals surface area (Å²) in [5, 5.41) is 0.221. The zero-order chi connectivity index (χ0) is 13.3. The van der Waals surface area contributed by atoms with Gasteiger partial charge in [0.25, 0.3) is 0 Å². The molecule has 4 nitrogen and oxygen atoms in total. The average Bonchev–Trinajstić information content (AvgIpc) is 2.79. The summed E-state index contributed by atoms with van der Waals surface area (Å²) in [6, 6.07) is 0.314. The molecule has 0 unspecified atom stereocenters. The summed E-state index contributed by atoms with van der Waals surface area (Å²) < 4.78 is 17.5. The first-order valence-corrected chi connectivity index (χ1v) is 7.93. The van der Waals surface area contributed by atoms with Gasteiger partial charge in [-0.1, -0.05) is 13.8 Å². The molecule has 0 N–H and O–H groups in total. The van der Waals surface area contributed by atoms with E-state index in [-0.39, 0.29) is 5.25 Å². The number of nitrogens with zero attached hydrogens (tertiary/aromatic N) is 2. The standard InChI is InChI=1S/C13H22N2O2S/c1-9(2)12-7-14-13(17-12)8-15-5-6-18(16)11(4)10(15)3/h7,9-11H,5-6,8H2,1-4H3/t10-,11-,18-/m0/s1. The first-order valence-electron chi connectivity index (χ1n) is 6.55. The minimum absolute atomic E-state index is 0.221. The maximum atomic E-state index is 11.7. The van der Waals surface area contributed by atoms with Crippen molar-refractivity contribution in [2.24, 2.45) is 0 Å². The molecule has 2 heterocycles. The summed E-state index contributed by atoms with van der Waals surface area (Å²) in [5.74, 6) is 2.83. The molecule has 1 saturated heterocycles. The fourth-order valence-corrected chi connectivity index (χ4v) is 3.57. The van der Waals surface area contributed by atoms with Gasteiger partial charge in [0.15, 0.2) is 0 Å². The van der Waals surface area contributed by atoms with Crippen molar-refractivity contribution in [3.63, 3.8) is 0 Å². The first-order chi connectivity index (χ1) is 8.49. The van der Waals surface area contributed by atoms with Crippen molar-refractivity contribution >= 4 is 10.8 Å². The highest BCUT2D eigenvalue weighted by Crippen LogP contribution is 2.20. The second-order valence-corrected chi connectivity index (χ2v) is 7.23. The Bertz CT molecular complexity index is 430. The molecular weight excluding hydrogens is 248 g/mol. The van der Waals surface area contributed by atoms with Gasteiger partial charge in [-0.2, -0.15) is 0 Å². The topological polar surface area (TPSA) is 46.3 Å². The third kappa shape index (κ3) is 2.83. The highest BCUT2D eigenvalue weighted by atomic mass is 32.2. The van der Waals surface area contributed by atoms with Gasteiger partial charge in [-0.3, -0.25) is 9.11 Å². The molecule has 0 bridgehead atoms. The predicted molar refractivity (Wildman–Crippen MR) is 72.9 cm³/mol. The van der Waals surface area contributed by atoms with E-state index in [1.54, 1.807) is 0 Å². The van der Waals surface area contributed by atoms with E-state index in [1.807, 2.05) is 6.20 Å². The maximum Gasteiger partial charge on any atom is 0.208 e. The van der Waals surface area contributed by atoms with Crippen LogP contribution in [0.2, 0.25) is 0 Å². The molecule has 102 valence electrons. The second kappa shape index (κ2) is 5.53. The highest BCUT2D eigenvalue weighted by Gasteiger charge is 2.30. The molecule has 1 aromatic heterocycles. The van der Waals surface area contributed by atoms with Crippen LogP contribution >= 0.6 is 0 Å². The third-order valence-electron chi connectivity index (χ3n) is 3.73. The number of rotatable bonds is 3. The highest BCUT2D eigenvalue weighted by molar-refractivity contribution is 7.85. The zero-order valence-corrected chi connectivity index (χ0v) is 12.4. The van der Waals surface area contributed by atoms with Crippen molar-refractivity contribution in [2.45, 2.75) is 51.4 Å². The van der Waals surface area contributed by atoms with Crippen molar-refractivity contribution in [3.05, 3.63) is 17.8 Å². The summed E-state index contributed by atoms with van der Waals surface area (Å²) in [4.78, 5) is 6.63. The number of aromatic nitrogens is 1. The van der Waals surface area contributed by atoms with Gasteiger partial charge in [-0.15, -0.1) is 0 Å². The van der Waals surface area contributed by atoms with Gasteiger partial charge in [0.1, 0.15) is 5.76 Å². The van der Waals surface area contributed by atoms with E-state index in [1.165, 1.54) is 0 Å². The van der Waals surface area contributed by atoms with E-state index < -0.39 is 10.8 Å². The molecule has 1 fully saturated rings. The van der Waals surface area contributed by atoms with Gasteiger partial charge < -0.3 is 4.42 Å². The summed E-state index contributed by atoms with van der Waals surface area (Å²) >= 11 is 0. The van der Waals surface area contributed by atoms with Crippen molar-refractivity contribution in [3.8, 4) is 0 Å². The van der Waals surface area contributed by atoms with E-state index in [2.05, 4.69) is 37.6 Å². The summed E-state index contributed by atoms with van der Waals surface area (Å²) in [7, 11) is -0.689. The molecule has 1 aliphatic rings. The van der Waals surface area contributed by atoms with Crippen molar-refractivity contribution < 1.29 is 8.63 Å². The largest absolute Gasteiger partial charge is 0.444 e. The lowest BCUT2D eigenvalue weighted by Crippen LogP contribution is -2.49. The summed E-state index contributed by atoms with van der Waals surface area (Å²) in [6.07, 6.45) is 1.82. The Morgan fingerprint density at radius 3 is 2.89 bits per heavy atom. The summed E-state index contributed by atoms with van der Waals surface area (Å²) in [5.41, 5.74) is 0. The van der Waals surface area contributed by atoms with Crippen LogP contribution < -0.4 is 0 Å². The van der Waals surface area contributed by atoms with Crippen molar-refractivity contribution in [1.29, 1.82) is 0 Å². The van der Waals surface area contributed by atoms with Crippen molar-refractivity contribution in [1.82, 2.24) is 9.88 Å². The van der Waals surface area contributed by atoms with Crippen LogP contribution in [-0.4, -0.2) is 37.7 Å². The fraction of sp³-hybridized carbons (Fsp3) is 0.769. The average molecular weight is 270 g/mol. The zero-order valence-electron chi connectivity index (χ0n) is 11.5. The van der Waals surface area contributed by atoms with Crippen LogP contribution in [0, 0.1) is 0 Å². The minimum Gasteiger partial charge on any atom is -0.444 e. The Labute approximate surface area is 111 Å². The third-order valence-corrected chi connectivity index (χ3v) is 5.54. The quantitative estimate of drug-likeness (QED) is 0.844. The Hall–Kier alpha value is -0.680. The second-order valence-electron chi connectivity index (χ2n) is 5.31. The van der Waals surface area contributed by atoms with E-state index in [9.17, 15) is 4.21 Å². The number of hydrogen-bond donors (Lipinski definition) is 0. The van der Waals surface area contributed by atoms with Crippen molar-refractivity contribution in [2.75, 3.05) is 12.3 Å². The monoisotopic (exact) mass is 270 g/mol. The van der Waals surface area contributed by atoms with E-state index in [4.69, 9.17) is 4.42 Å². The van der Waals surface area contributed by atoms with E-state index >= 15 is 0 Å². The molecule has 18 heavy (non-hydrogen) atoms. The Morgan fingerprint density at radius 2 is 2.28 bits per heavy atom. The molecule has 2 rings (SSSR count). The predicted octanol–water partition coefficient (Wildman–Crippen LogP) is 2.14. The lowest BCUT2D eigenvalue weighted by atomic mass is 10.2. The SMILES string of the molecule is CC(C)c1cnc(CN2CC[S@](=O)[C@@H](C)[C@@H]2C)o1. The lowest BCUT2D eigenvalue weighted by molar-refractivity contribution is 0.181. The molecule has 0 saturated carbocycles. The molecule has 1 aromatic rings. The number of oxazole rings is 1. The Morgan fingerprint density at radius 1 is 1.56 bits per heavy atom. The molecule has 1 aliphatic heterocycles. The van der Waals surface area contributed by atoms with Crippen LogP contribution in [0.25, 0.3) is 0 Å². The first kappa shape index (κ1) is 13.7. The number of hydrogen-bond acceptors (Lipinski definition) is 4. The maximum absolute atomic E-state index is 11.7. The van der Waals surface area contributed by atoms with Gasteiger partial charge in [0.05, 0.1) is 12.7 Å². The van der Waals surface area contributed by atoms with Crippen LogP contribution in [0.4, 0.5) is 0 Å². The lowest BCUT2D eigenvalue weighted by Gasteiger charge is -2.36. The van der Waals surface area contributed by atoms with Gasteiger partial charge in [-0.05, 0) is 13.8 Å². The van der Waals surface area contributed by atoms with E-state index in [0.29, 0.717) is 12.0 Å². The van der Waals surface area contributed by atoms with Crippen LogP contribution in [0.15, 0.2) is 10.6 Å². The van der Waals surface area contributed by atoms with Crippen LogP contribution in [0.5, 0.6) is 0 Å². The molecule has 0 aromatic carbocycles. The minimum atomic E-state index is -0.689. The van der Waals surface area contributed by atoms with Gasteiger partial charge >= 0.3 is 0 Å². The van der Waals surface area contributed by atoms with E-state index in [0.717, 1.165) is 30.5 Å². The Balaban J connectivity index is 2.02. The molecule has 3 atom stereocenters. The van der Waals surface area contributed by atoms with Gasteiger partial charge in [0.2, 0.25) is 5.89 Å². The van der Waals surface area contributed by atoms with Gasteiger partial charge in [-0.25, -0.2) is 4.98 Å². The molecular formula is C13H22N2O2S. The molecule has 0 aliphatic carbocycles. The van der Waals surface area contributed by atoms with Crippen LogP contribution in [-0.2, 0) is 17.3 Å². The summed E-state index contributed by atoms with van der Waals surface area (Å²) in [6.45, 7) is 9.96. The molecule has 0 amide bonds. The van der Waals surface area contributed by atoms with Crippen LogP contribution in [0.1, 0.15) is 45.3 Å². The van der Waals surface area contributed by atoms with Crippen LogP contribution in [0.3, 0.4) is 0 Å². The molecule has 0 spiro atoms. The molecule has 0 radical (unpaired) electrons. The van der Waals surface area contributed by atoms with Gasteiger partial charge in [0, 0.05) is 40.3 Å².